The van der Waals surface area contributed by atoms with E-state index in [0.717, 1.165) is 36.1 Å². The van der Waals surface area contributed by atoms with Crippen molar-refractivity contribution in [1.82, 2.24) is 35.3 Å². The fraction of sp³-hybridized carbons (Fsp3) is 0.391. The first-order chi connectivity index (χ1) is 31.7. The van der Waals surface area contributed by atoms with Gasteiger partial charge in [-0.2, -0.15) is 5.10 Å². The highest BCUT2D eigenvalue weighted by Crippen LogP contribution is 2.31. The summed E-state index contributed by atoms with van der Waals surface area (Å²) in [6.07, 6.45) is 8.94. The minimum absolute atomic E-state index is 0.0203. The van der Waals surface area contributed by atoms with Crippen molar-refractivity contribution in [3.63, 3.8) is 0 Å². The SMILES string of the molecule is NC(=O)c1nn(-c2ccc(CNCCOCCOCCOCCCc3cccc4c3CN(C3CCC(=O)NC3=O)C4=O)cc2)cc1NC(=O)c1coc(-c2ccnc(NCC3CC3)c2)n1. The lowest BCUT2D eigenvalue weighted by molar-refractivity contribution is -0.136. The van der Waals surface area contributed by atoms with Crippen LogP contribution in [-0.2, 0) is 43.3 Å². The fourth-order valence-corrected chi connectivity index (χ4v) is 7.64. The van der Waals surface area contributed by atoms with Crippen molar-refractivity contribution < 1.29 is 42.6 Å². The normalized spacial score (nSPS) is 15.8. The van der Waals surface area contributed by atoms with Crippen molar-refractivity contribution in [1.29, 1.82) is 0 Å². The number of fused-ring (bicyclic) bond motifs is 1. The number of ether oxygens (including phenoxy) is 3. The van der Waals surface area contributed by atoms with Crippen LogP contribution >= 0.6 is 0 Å². The lowest BCUT2D eigenvalue weighted by Gasteiger charge is -2.29. The number of rotatable bonds is 24. The molecule has 19 heteroatoms. The topological polar surface area (TPSA) is 247 Å². The van der Waals surface area contributed by atoms with Crippen LogP contribution in [0.2, 0.25) is 0 Å². The van der Waals surface area contributed by atoms with E-state index < -0.39 is 23.8 Å². The van der Waals surface area contributed by atoms with Gasteiger partial charge in [0.05, 0.1) is 50.6 Å². The molecular formula is C46H52N10O9. The number of primary amides is 1. The Morgan fingerprint density at radius 3 is 2.49 bits per heavy atom. The molecule has 5 amide bonds. The summed E-state index contributed by atoms with van der Waals surface area (Å²) < 4.78 is 24.2. The standard InChI is InChI=1S/C46H52N10O9/c47-42(58)41-36(51-43(59)37-28-65-45(52-37)32-14-15-49-39(23-32)50-25-30-6-7-30)27-56(54-41)33-10-8-29(9-11-33)24-48-16-18-63-20-22-64-21-19-62-17-2-4-31-3-1-5-34-35(31)26-55(46(34)61)38-12-13-40(57)53-44(38)60/h1,3,5,8-11,14-15,23,27-28,30,38,48H,2,4,6-7,12-13,16-22,24-26H2,(H2,47,58)(H,49,50)(H,51,59)(H,53,57,60). The van der Waals surface area contributed by atoms with Crippen LogP contribution in [0.25, 0.3) is 17.1 Å². The number of pyridine rings is 1. The number of piperidine rings is 1. The maximum Gasteiger partial charge on any atom is 0.277 e. The number of hydrogen-bond acceptors (Lipinski definition) is 14. The van der Waals surface area contributed by atoms with Crippen molar-refractivity contribution in [2.24, 2.45) is 11.7 Å². The summed E-state index contributed by atoms with van der Waals surface area (Å²) in [5, 5.41) is 16.0. The van der Waals surface area contributed by atoms with Crippen LogP contribution in [0.4, 0.5) is 11.5 Å². The van der Waals surface area contributed by atoms with E-state index in [2.05, 4.69) is 36.3 Å². The number of imide groups is 1. The summed E-state index contributed by atoms with van der Waals surface area (Å²) in [7, 11) is 0. The second kappa shape index (κ2) is 21.3. The highest BCUT2D eigenvalue weighted by Gasteiger charge is 2.39. The van der Waals surface area contributed by atoms with E-state index in [0.29, 0.717) is 94.2 Å². The van der Waals surface area contributed by atoms with E-state index >= 15 is 0 Å². The number of carbonyl (C=O) groups excluding carboxylic acids is 5. The zero-order valence-electron chi connectivity index (χ0n) is 35.9. The minimum Gasteiger partial charge on any atom is -0.444 e. The number of aryl methyl sites for hydroxylation is 1. The molecule has 1 saturated carbocycles. The molecule has 1 aliphatic carbocycles. The number of benzene rings is 2. The monoisotopic (exact) mass is 888 g/mol. The van der Waals surface area contributed by atoms with E-state index in [1.807, 2.05) is 42.5 Å². The molecule has 3 aliphatic rings. The van der Waals surface area contributed by atoms with E-state index in [1.165, 1.54) is 30.0 Å². The predicted molar refractivity (Wildman–Crippen MR) is 236 cm³/mol. The molecule has 0 bridgehead atoms. The summed E-state index contributed by atoms with van der Waals surface area (Å²) in [4.78, 5) is 72.7. The molecule has 5 aromatic rings. The molecule has 2 aromatic carbocycles. The number of nitrogens with two attached hydrogens (primary N) is 1. The van der Waals surface area contributed by atoms with Crippen LogP contribution in [0.15, 0.2) is 77.7 Å². The first-order valence-electron chi connectivity index (χ1n) is 21.9. The average Bonchev–Trinajstić information content (AvgIpc) is 3.65. The van der Waals surface area contributed by atoms with E-state index in [4.69, 9.17) is 24.4 Å². The first-order valence-corrected chi connectivity index (χ1v) is 21.9. The van der Waals surface area contributed by atoms with E-state index in [-0.39, 0.29) is 41.2 Å². The van der Waals surface area contributed by atoms with Gasteiger partial charge in [0.15, 0.2) is 11.4 Å². The zero-order valence-corrected chi connectivity index (χ0v) is 35.9. The van der Waals surface area contributed by atoms with Gasteiger partial charge in [0.25, 0.3) is 17.7 Å². The van der Waals surface area contributed by atoms with Crippen LogP contribution in [-0.4, -0.2) is 113 Å². The second-order valence-electron chi connectivity index (χ2n) is 16.1. The van der Waals surface area contributed by atoms with Crippen LogP contribution in [0, 0.1) is 5.92 Å². The summed E-state index contributed by atoms with van der Waals surface area (Å²) in [5.41, 5.74) is 10.6. The number of aromatic nitrogens is 4. The summed E-state index contributed by atoms with van der Waals surface area (Å²) in [6.45, 7) is 5.31. The number of hydrogen-bond donors (Lipinski definition) is 5. The average molecular weight is 889 g/mol. The van der Waals surface area contributed by atoms with Crippen molar-refractivity contribution in [3.05, 3.63) is 107 Å². The molecule has 8 rings (SSSR count). The molecule has 1 saturated heterocycles. The molecule has 1 unspecified atom stereocenters. The third-order valence-electron chi connectivity index (χ3n) is 11.3. The van der Waals surface area contributed by atoms with Crippen LogP contribution in [0.1, 0.15) is 80.1 Å². The Bertz CT molecular complexity index is 2500. The van der Waals surface area contributed by atoms with Gasteiger partial charge in [-0.25, -0.2) is 14.6 Å². The molecule has 5 heterocycles. The Morgan fingerprint density at radius 2 is 1.72 bits per heavy atom. The van der Waals surface area contributed by atoms with Gasteiger partial charge in [0.1, 0.15) is 18.1 Å². The van der Waals surface area contributed by atoms with Gasteiger partial charge in [-0.1, -0.05) is 24.3 Å². The van der Waals surface area contributed by atoms with Gasteiger partial charge >= 0.3 is 0 Å². The second-order valence-corrected chi connectivity index (χ2v) is 16.1. The smallest absolute Gasteiger partial charge is 0.277 e. The summed E-state index contributed by atoms with van der Waals surface area (Å²) >= 11 is 0. The number of oxazole rings is 1. The van der Waals surface area contributed by atoms with Gasteiger partial charge < -0.3 is 45.2 Å². The number of nitrogens with zero attached hydrogens (tertiary/aromatic N) is 5. The van der Waals surface area contributed by atoms with E-state index in [9.17, 15) is 24.0 Å². The van der Waals surface area contributed by atoms with E-state index in [1.54, 1.807) is 23.2 Å². The van der Waals surface area contributed by atoms with Crippen molar-refractivity contribution in [3.8, 4) is 17.1 Å². The molecule has 340 valence electrons. The Kier molecular flexibility index (Phi) is 14.6. The van der Waals surface area contributed by atoms with Crippen molar-refractivity contribution in [2.75, 3.05) is 63.4 Å². The Labute approximate surface area is 374 Å². The highest BCUT2D eigenvalue weighted by molar-refractivity contribution is 6.07. The van der Waals surface area contributed by atoms with Crippen molar-refractivity contribution in [2.45, 2.75) is 57.7 Å². The lowest BCUT2D eigenvalue weighted by atomic mass is 10.00. The van der Waals surface area contributed by atoms with Crippen LogP contribution in [0.5, 0.6) is 0 Å². The minimum atomic E-state index is -0.799. The third-order valence-corrected chi connectivity index (χ3v) is 11.3. The molecule has 2 fully saturated rings. The third kappa shape index (κ3) is 11.7. The van der Waals surface area contributed by atoms with Crippen LogP contribution < -0.4 is 27.0 Å². The Balaban J connectivity index is 0.682. The Morgan fingerprint density at radius 1 is 0.938 bits per heavy atom. The lowest BCUT2D eigenvalue weighted by Crippen LogP contribution is -2.52. The highest BCUT2D eigenvalue weighted by atomic mass is 16.5. The summed E-state index contributed by atoms with van der Waals surface area (Å²) in [5.74, 6) is -0.630. The number of anilines is 2. The van der Waals surface area contributed by atoms with Gasteiger partial charge in [0, 0.05) is 56.5 Å². The molecule has 65 heavy (non-hydrogen) atoms. The molecule has 6 N–H and O–H groups in total. The molecule has 3 aromatic heterocycles. The zero-order chi connectivity index (χ0) is 45.1. The molecule has 1 atom stereocenters. The van der Waals surface area contributed by atoms with Gasteiger partial charge in [-0.15, -0.1) is 0 Å². The first kappa shape index (κ1) is 44.8. The molecule has 2 aliphatic heterocycles. The predicted octanol–water partition coefficient (Wildman–Crippen LogP) is 3.63. The van der Waals surface area contributed by atoms with Gasteiger partial charge in [-0.05, 0) is 85.0 Å². The maximum absolute atomic E-state index is 13.2. The van der Waals surface area contributed by atoms with Crippen molar-refractivity contribution >= 4 is 41.0 Å². The number of nitrogens with one attached hydrogen (secondary N) is 4. The quantitative estimate of drug-likeness (QED) is 0.0439. The molecule has 0 spiro atoms. The fourth-order valence-electron chi connectivity index (χ4n) is 7.64. The van der Waals surface area contributed by atoms with Gasteiger partial charge in [0.2, 0.25) is 17.7 Å². The maximum atomic E-state index is 13.2. The molecule has 19 nitrogen and oxygen atoms in total. The molecule has 0 radical (unpaired) electrons. The molecular weight excluding hydrogens is 837 g/mol. The number of carbonyl (C=O) groups is 5. The largest absolute Gasteiger partial charge is 0.444 e. The van der Waals surface area contributed by atoms with Crippen LogP contribution in [0.3, 0.4) is 0 Å². The Hall–Kier alpha value is -6.80. The number of amides is 5. The summed E-state index contributed by atoms with van der Waals surface area (Å²) in [6, 6.07) is 16.2. The van der Waals surface area contributed by atoms with Gasteiger partial charge in [-0.3, -0.25) is 29.3 Å².